The van der Waals surface area contributed by atoms with Crippen LogP contribution in [0.4, 0.5) is 0 Å². The van der Waals surface area contributed by atoms with Gasteiger partial charge in [0.25, 0.3) is 0 Å². The van der Waals surface area contributed by atoms with Gasteiger partial charge in [-0.3, -0.25) is 4.90 Å². The van der Waals surface area contributed by atoms with Gasteiger partial charge in [0.2, 0.25) is 0 Å². The fourth-order valence-corrected chi connectivity index (χ4v) is 4.68. The molecule has 0 aromatic carbocycles. The van der Waals surface area contributed by atoms with Crippen LogP contribution in [-0.4, -0.2) is 37.9 Å². The number of hydrogen-bond acceptors (Lipinski definition) is 6. The van der Waals surface area contributed by atoms with Crippen molar-refractivity contribution in [3.05, 3.63) is 46.1 Å². The second-order valence-electron chi connectivity index (χ2n) is 7.28. The summed E-state index contributed by atoms with van der Waals surface area (Å²) < 4.78 is 1.17. The van der Waals surface area contributed by atoms with Crippen LogP contribution < -0.4 is 0 Å². The van der Waals surface area contributed by atoms with Gasteiger partial charge < -0.3 is 0 Å². The van der Waals surface area contributed by atoms with Gasteiger partial charge in [-0.1, -0.05) is 0 Å². The molecular formula is C20H25N5S. The van der Waals surface area contributed by atoms with Crippen LogP contribution in [0.3, 0.4) is 0 Å². The Morgan fingerprint density at radius 1 is 1.12 bits per heavy atom. The third-order valence-corrected chi connectivity index (χ3v) is 6.14. The molecule has 1 fully saturated rings. The van der Waals surface area contributed by atoms with Gasteiger partial charge in [0, 0.05) is 29.9 Å². The topological polar surface area (TPSA) is 54.8 Å². The molecule has 0 unspecified atom stereocenters. The smallest absolute Gasteiger partial charge is 0.170 e. The van der Waals surface area contributed by atoms with Crippen LogP contribution in [0.5, 0.6) is 0 Å². The highest BCUT2D eigenvalue weighted by molar-refractivity contribution is 7.18. The van der Waals surface area contributed by atoms with E-state index in [0.29, 0.717) is 5.92 Å². The lowest BCUT2D eigenvalue weighted by atomic mass is 9.92. The third kappa shape index (κ3) is 3.48. The standard InChI is InChI=1S/C20H25N5S/c1-12-10-18(22-14(3)21-12)16-6-5-9-25(11-16)13(2)17-7-8-19-20(24-17)23-15(4)26-19/h7-8,10,13,16H,5-6,9,11H2,1-4H3/t13-,16+/m1/s1. The summed E-state index contributed by atoms with van der Waals surface area (Å²) in [6, 6.07) is 6.76. The monoisotopic (exact) mass is 367 g/mol. The minimum Gasteiger partial charge on any atom is -0.294 e. The number of thiazole rings is 1. The lowest BCUT2D eigenvalue weighted by Crippen LogP contribution is -2.37. The summed E-state index contributed by atoms with van der Waals surface area (Å²) in [5.74, 6) is 1.34. The zero-order valence-electron chi connectivity index (χ0n) is 15.9. The summed E-state index contributed by atoms with van der Waals surface area (Å²) >= 11 is 1.71. The van der Waals surface area contributed by atoms with E-state index < -0.39 is 0 Å². The van der Waals surface area contributed by atoms with Crippen molar-refractivity contribution >= 4 is 21.7 Å². The maximum atomic E-state index is 4.83. The molecule has 4 heterocycles. The Morgan fingerprint density at radius 3 is 2.77 bits per heavy atom. The molecule has 5 nitrogen and oxygen atoms in total. The fourth-order valence-electron chi connectivity index (χ4n) is 3.92. The molecule has 136 valence electrons. The number of nitrogens with zero attached hydrogens (tertiary/aromatic N) is 5. The van der Waals surface area contributed by atoms with Crippen molar-refractivity contribution in [2.75, 3.05) is 13.1 Å². The van der Waals surface area contributed by atoms with E-state index in [9.17, 15) is 0 Å². The van der Waals surface area contributed by atoms with Crippen LogP contribution in [0.25, 0.3) is 10.3 Å². The van der Waals surface area contributed by atoms with Gasteiger partial charge >= 0.3 is 0 Å². The van der Waals surface area contributed by atoms with Crippen LogP contribution in [-0.2, 0) is 0 Å². The molecule has 26 heavy (non-hydrogen) atoms. The number of likely N-dealkylation sites (tertiary alicyclic amines) is 1. The van der Waals surface area contributed by atoms with Gasteiger partial charge in [0.05, 0.1) is 15.4 Å². The number of hydrogen-bond donors (Lipinski definition) is 0. The highest BCUT2D eigenvalue weighted by Gasteiger charge is 2.27. The second-order valence-corrected chi connectivity index (χ2v) is 8.52. The number of piperidine rings is 1. The first-order valence-electron chi connectivity index (χ1n) is 9.30. The van der Waals surface area contributed by atoms with Crippen LogP contribution in [0.1, 0.15) is 59.6 Å². The van der Waals surface area contributed by atoms with Gasteiger partial charge in [0.1, 0.15) is 5.82 Å². The first-order valence-corrected chi connectivity index (χ1v) is 10.1. The molecule has 0 radical (unpaired) electrons. The molecule has 0 spiro atoms. The Morgan fingerprint density at radius 2 is 1.96 bits per heavy atom. The van der Waals surface area contributed by atoms with E-state index >= 15 is 0 Å². The Labute approximate surface area is 158 Å². The van der Waals surface area contributed by atoms with Crippen molar-refractivity contribution in [3.8, 4) is 0 Å². The molecule has 0 amide bonds. The largest absolute Gasteiger partial charge is 0.294 e. The van der Waals surface area contributed by atoms with Crippen LogP contribution in [0, 0.1) is 20.8 Å². The summed E-state index contributed by atoms with van der Waals surface area (Å²) in [7, 11) is 0. The van der Waals surface area contributed by atoms with Crippen LogP contribution in [0.2, 0.25) is 0 Å². The van der Waals surface area contributed by atoms with Gasteiger partial charge in [-0.05, 0) is 65.3 Å². The van der Waals surface area contributed by atoms with Crippen molar-refractivity contribution < 1.29 is 0 Å². The summed E-state index contributed by atoms with van der Waals surface area (Å²) in [4.78, 5) is 21.0. The Kier molecular flexibility index (Phi) is 4.71. The summed E-state index contributed by atoms with van der Waals surface area (Å²) in [6.07, 6.45) is 2.38. The lowest BCUT2D eigenvalue weighted by molar-refractivity contribution is 0.154. The second kappa shape index (κ2) is 7.00. The molecular weight excluding hydrogens is 342 g/mol. The Hall–Kier alpha value is -1.92. The first kappa shape index (κ1) is 17.5. The summed E-state index contributed by atoms with van der Waals surface area (Å²) in [5, 5.41) is 1.07. The zero-order chi connectivity index (χ0) is 18.3. The molecule has 1 aliphatic rings. The third-order valence-electron chi connectivity index (χ3n) is 5.21. The van der Waals surface area contributed by atoms with E-state index in [1.54, 1.807) is 11.3 Å². The fraction of sp³-hybridized carbons (Fsp3) is 0.500. The number of rotatable bonds is 3. The SMILES string of the molecule is Cc1cc([C@H]2CCCN([C@H](C)c3ccc4sc(C)nc4n3)C2)nc(C)n1. The molecule has 3 aromatic heterocycles. The molecule has 4 rings (SSSR count). The predicted octanol–water partition coefficient (Wildman–Crippen LogP) is 4.35. The molecule has 3 aromatic rings. The van der Waals surface area contributed by atoms with Crippen LogP contribution >= 0.6 is 11.3 Å². The van der Waals surface area contributed by atoms with E-state index in [0.717, 1.165) is 41.0 Å². The molecule has 1 aliphatic heterocycles. The molecule has 0 N–H and O–H groups in total. The predicted molar refractivity (Wildman–Crippen MR) is 106 cm³/mol. The molecule has 0 bridgehead atoms. The van der Waals surface area contributed by atoms with E-state index in [-0.39, 0.29) is 6.04 Å². The zero-order valence-corrected chi connectivity index (χ0v) is 16.7. The van der Waals surface area contributed by atoms with Gasteiger partial charge in [-0.15, -0.1) is 11.3 Å². The maximum absolute atomic E-state index is 4.83. The molecule has 0 saturated carbocycles. The first-order chi connectivity index (χ1) is 12.5. The molecule has 0 aliphatic carbocycles. The van der Waals surface area contributed by atoms with Crippen molar-refractivity contribution in [1.82, 2.24) is 24.8 Å². The van der Waals surface area contributed by atoms with Crippen molar-refractivity contribution in [2.45, 2.75) is 52.5 Å². The average molecular weight is 368 g/mol. The molecule has 6 heteroatoms. The highest BCUT2D eigenvalue weighted by atomic mass is 32.1. The lowest BCUT2D eigenvalue weighted by Gasteiger charge is -2.36. The van der Waals surface area contributed by atoms with Crippen molar-refractivity contribution in [2.24, 2.45) is 0 Å². The average Bonchev–Trinajstić information content (AvgIpc) is 2.99. The van der Waals surface area contributed by atoms with E-state index in [2.05, 4.69) is 46.9 Å². The number of aryl methyl sites for hydroxylation is 3. The number of pyridine rings is 1. The quantitative estimate of drug-likeness (QED) is 0.689. The van der Waals surface area contributed by atoms with Gasteiger partial charge in [0.15, 0.2) is 5.65 Å². The minimum atomic E-state index is 0.285. The molecule has 1 saturated heterocycles. The summed E-state index contributed by atoms with van der Waals surface area (Å²) in [6.45, 7) is 10.5. The van der Waals surface area contributed by atoms with E-state index in [1.807, 2.05) is 13.8 Å². The van der Waals surface area contributed by atoms with Crippen molar-refractivity contribution in [1.29, 1.82) is 0 Å². The van der Waals surface area contributed by atoms with Crippen molar-refractivity contribution in [3.63, 3.8) is 0 Å². The van der Waals surface area contributed by atoms with Crippen LogP contribution in [0.15, 0.2) is 18.2 Å². The van der Waals surface area contributed by atoms with Gasteiger partial charge in [-0.2, -0.15) is 0 Å². The molecule has 2 atom stereocenters. The number of fused-ring (bicyclic) bond motifs is 1. The van der Waals surface area contributed by atoms with E-state index in [4.69, 9.17) is 9.97 Å². The maximum Gasteiger partial charge on any atom is 0.170 e. The summed E-state index contributed by atoms with van der Waals surface area (Å²) in [5.41, 5.74) is 4.24. The number of aromatic nitrogens is 4. The van der Waals surface area contributed by atoms with E-state index in [1.165, 1.54) is 23.2 Å². The Bertz CT molecular complexity index is 915. The Balaban J connectivity index is 1.56. The minimum absolute atomic E-state index is 0.285. The normalized spacial score (nSPS) is 19.8. The highest BCUT2D eigenvalue weighted by Crippen LogP contribution is 2.32. The van der Waals surface area contributed by atoms with Gasteiger partial charge in [-0.25, -0.2) is 19.9 Å².